The van der Waals surface area contributed by atoms with Gasteiger partial charge in [-0.05, 0) is 12.8 Å². The van der Waals surface area contributed by atoms with E-state index in [1.165, 1.54) is 63.1 Å². The molecule has 2 heteroatoms. The van der Waals surface area contributed by atoms with E-state index in [1.54, 1.807) is 0 Å². The van der Waals surface area contributed by atoms with Crippen LogP contribution >= 0.6 is 27.5 Å². The Kier molecular flexibility index (Phi) is 13.5. The quantitative estimate of drug-likeness (QED) is 0.381. The summed E-state index contributed by atoms with van der Waals surface area (Å²) in [7, 11) is 0. The molecule has 0 saturated carbocycles. The third-order valence-corrected chi connectivity index (χ3v) is 3.10. The zero-order chi connectivity index (χ0) is 9.78. The third kappa shape index (κ3) is 12.8. The molecule has 0 atom stereocenters. The van der Waals surface area contributed by atoms with E-state index in [4.69, 9.17) is 11.6 Å². The standard InChI is InChI=1S/C11H22BrCl/c12-10-8-6-4-2-1-3-5-7-9-11-13/h1-11H2. The molecule has 0 aliphatic rings. The van der Waals surface area contributed by atoms with Gasteiger partial charge in [0.25, 0.3) is 0 Å². The summed E-state index contributed by atoms with van der Waals surface area (Å²) in [6.45, 7) is 0. The first-order chi connectivity index (χ1) is 6.41. The van der Waals surface area contributed by atoms with E-state index in [9.17, 15) is 0 Å². The molecule has 0 aliphatic carbocycles. The van der Waals surface area contributed by atoms with Crippen LogP contribution in [-0.2, 0) is 0 Å². The molecule has 0 heterocycles. The molecule has 0 bridgehead atoms. The van der Waals surface area contributed by atoms with Gasteiger partial charge in [-0.1, -0.05) is 60.9 Å². The van der Waals surface area contributed by atoms with E-state index < -0.39 is 0 Å². The van der Waals surface area contributed by atoms with Crippen molar-refractivity contribution in [3.63, 3.8) is 0 Å². The first-order valence-corrected chi connectivity index (χ1v) is 7.19. The summed E-state index contributed by atoms with van der Waals surface area (Å²) >= 11 is 9.04. The maximum atomic E-state index is 5.59. The van der Waals surface area contributed by atoms with Crippen molar-refractivity contribution < 1.29 is 0 Å². The molecular formula is C11H22BrCl. The van der Waals surface area contributed by atoms with Crippen molar-refractivity contribution in [1.82, 2.24) is 0 Å². The molecule has 0 aromatic heterocycles. The average Bonchev–Trinajstić information content (AvgIpc) is 2.16. The molecule has 0 aromatic rings. The number of rotatable bonds is 10. The van der Waals surface area contributed by atoms with Crippen molar-refractivity contribution in [3.05, 3.63) is 0 Å². The summed E-state index contributed by atoms with van der Waals surface area (Å²) in [5, 5.41) is 1.17. The second-order valence-electron chi connectivity index (χ2n) is 3.56. The number of hydrogen-bond acceptors (Lipinski definition) is 0. The summed E-state index contributed by atoms with van der Waals surface area (Å²) in [6.07, 6.45) is 12.3. The van der Waals surface area contributed by atoms with Crippen LogP contribution in [0.3, 0.4) is 0 Å². The minimum Gasteiger partial charge on any atom is -0.127 e. The third-order valence-electron chi connectivity index (χ3n) is 2.27. The largest absolute Gasteiger partial charge is 0.127 e. The highest BCUT2D eigenvalue weighted by Crippen LogP contribution is 2.10. The van der Waals surface area contributed by atoms with Gasteiger partial charge in [0.2, 0.25) is 0 Å². The predicted octanol–water partition coefficient (Wildman–Crippen LogP) is 5.13. The monoisotopic (exact) mass is 268 g/mol. The van der Waals surface area contributed by atoms with Gasteiger partial charge in [0.05, 0.1) is 0 Å². The van der Waals surface area contributed by atoms with E-state index in [0.717, 1.165) is 5.88 Å². The smallest absolute Gasteiger partial charge is 0.0223 e. The summed E-state index contributed by atoms with van der Waals surface area (Å²) in [6, 6.07) is 0. The Hall–Kier alpha value is 0.770. The normalized spacial score (nSPS) is 10.6. The number of alkyl halides is 2. The van der Waals surface area contributed by atoms with Crippen molar-refractivity contribution in [2.75, 3.05) is 11.2 Å². The molecule has 0 nitrogen and oxygen atoms in total. The van der Waals surface area contributed by atoms with E-state index >= 15 is 0 Å². The van der Waals surface area contributed by atoms with Gasteiger partial charge in [-0.15, -0.1) is 11.6 Å². The van der Waals surface area contributed by atoms with Crippen LogP contribution < -0.4 is 0 Å². The fraction of sp³-hybridized carbons (Fsp3) is 1.00. The van der Waals surface area contributed by atoms with Crippen molar-refractivity contribution in [3.8, 4) is 0 Å². The van der Waals surface area contributed by atoms with Crippen LogP contribution in [0.5, 0.6) is 0 Å². The number of halogens is 2. The first kappa shape index (κ1) is 13.8. The van der Waals surface area contributed by atoms with Gasteiger partial charge in [-0.3, -0.25) is 0 Å². The lowest BCUT2D eigenvalue weighted by atomic mass is 10.1. The minimum absolute atomic E-state index is 0.839. The molecule has 0 N–H and O–H groups in total. The van der Waals surface area contributed by atoms with E-state index in [0.29, 0.717) is 0 Å². The summed E-state index contributed by atoms with van der Waals surface area (Å²) in [4.78, 5) is 0. The maximum absolute atomic E-state index is 5.59. The van der Waals surface area contributed by atoms with Crippen LogP contribution in [0.4, 0.5) is 0 Å². The molecule has 80 valence electrons. The number of hydrogen-bond donors (Lipinski definition) is 0. The van der Waals surface area contributed by atoms with Gasteiger partial charge in [0, 0.05) is 11.2 Å². The molecule has 0 saturated heterocycles. The molecule has 13 heavy (non-hydrogen) atoms. The SMILES string of the molecule is ClCCCCCCCCCCCBr. The van der Waals surface area contributed by atoms with Gasteiger partial charge >= 0.3 is 0 Å². The Balaban J connectivity index is 2.76. The fourth-order valence-electron chi connectivity index (χ4n) is 1.43. The fourth-order valence-corrected chi connectivity index (χ4v) is 2.01. The summed E-state index contributed by atoms with van der Waals surface area (Å²) in [5.41, 5.74) is 0. The second kappa shape index (κ2) is 12.8. The Morgan fingerprint density at radius 2 is 1.00 bits per heavy atom. The molecule has 0 spiro atoms. The maximum Gasteiger partial charge on any atom is 0.0223 e. The van der Waals surface area contributed by atoms with E-state index in [1.807, 2.05) is 0 Å². The lowest BCUT2D eigenvalue weighted by Gasteiger charge is -2.00. The molecule has 0 aliphatic heterocycles. The summed E-state index contributed by atoms with van der Waals surface area (Å²) < 4.78 is 0. The zero-order valence-corrected chi connectivity index (χ0v) is 10.9. The first-order valence-electron chi connectivity index (χ1n) is 5.53. The van der Waals surface area contributed by atoms with Gasteiger partial charge in [0.15, 0.2) is 0 Å². The van der Waals surface area contributed by atoms with E-state index in [2.05, 4.69) is 15.9 Å². The molecule has 0 radical (unpaired) electrons. The molecule has 0 unspecified atom stereocenters. The average molecular weight is 270 g/mol. The van der Waals surface area contributed by atoms with Crippen molar-refractivity contribution in [2.45, 2.75) is 57.8 Å². The minimum atomic E-state index is 0.839. The van der Waals surface area contributed by atoms with Crippen LogP contribution in [0.25, 0.3) is 0 Å². The van der Waals surface area contributed by atoms with Crippen LogP contribution in [-0.4, -0.2) is 11.2 Å². The molecule has 0 rings (SSSR count). The van der Waals surface area contributed by atoms with Crippen LogP contribution in [0, 0.1) is 0 Å². The molecule has 0 aromatic carbocycles. The van der Waals surface area contributed by atoms with Gasteiger partial charge in [-0.25, -0.2) is 0 Å². The van der Waals surface area contributed by atoms with E-state index in [-0.39, 0.29) is 0 Å². The van der Waals surface area contributed by atoms with Crippen molar-refractivity contribution in [2.24, 2.45) is 0 Å². The lowest BCUT2D eigenvalue weighted by Crippen LogP contribution is -1.82. The predicted molar refractivity (Wildman–Crippen MR) is 66.1 cm³/mol. The Labute approximate surface area is 96.6 Å². The molecule has 0 amide bonds. The van der Waals surface area contributed by atoms with Gasteiger partial charge in [0.1, 0.15) is 0 Å². The van der Waals surface area contributed by atoms with Gasteiger partial charge in [-0.2, -0.15) is 0 Å². The van der Waals surface area contributed by atoms with Crippen molar-refractivity contribution >= 4 is 27.5 Å². The van der Waals surface area contributed by atoms with Crippen LogP contribution in [0.1, 0.15) is 57.8 Å². The number of unbranched alkanes of at least 4 members (excludes halogenated alkanes) is 8. The highest BCUT2D eigenvalue weighted by Gasteiger charge is 1.91. The Bertz CT molecular complexity index is 76.2. The lowest BCUT2D eigenvalue weighted by molar-refractivity contribution is 0.574. The molecular weight excluding hydrogens is 247 g/mol. The Morgan fingerprint density at radius 3 is 1.38 bits per heavy atom. The van der Waals surface area contributed by atoms with Crippen LogP contribution in [0.15, 0.2) is 0 Å². The Morgan fingerprint density at radius 1 is 0.615 bits per heavy atom. The summed E-state index contributed by atoms with van der Waals surface area (Å²) in [5.74, 6) is 0.839. The van der Waals surface area contributed by atoms with Crippen LogP contribution in [0.2, 0.25) is 0 Å². The van der Waals surface area contributed by atoms with Crippen molar-refractivity contribution in [1.29, 1.82) is 0 Å². The van der Waals surface area contributed by atoms with Gasteiger partial charge < -0.3 is 0 Å². The molecule has 0 fully saturated rings. The zero-order valence-electron chi connectivity index (χ0n) is 8.53. The highest BCUT2D eigenvalue weighted by molar-refractivity contribution is 9.09. The second-order valence-corrected chi connectivity index (χ2v) is 4.73. The highest BCUT2D eigenvalue weighted by atomic mass is 79.9. The topological polar surface area (TPSA) is 0 Å².